The van der Waals surface area contributed by atoms with Gasteiger partial charge in [-0.05, 0) is 44.9 Å². The third-order valence-corrected chi connectivity index (χ3v) is 4.86. The maximum atomic E-state index is 13.0. The molecule has 8 nitrogen and oxygen atoms in total. The third kappa shape index (κ3) is 5.08. The van der Waals surface area contributed by atoms with Crippen molar-refractivity contribution in [2.45, 2.75) is 45.3 Å². The molecule has 3 rings (SSSR count). The second-order valence-corrected chi connectivity index (χ2v) is 7.13. The first-order valence-electron chi connectivity index (χ1n) is 9.26. The minimum absolute atomic E-state index is 0. The number of nitrogens with zero attached hydrogens (tertiary/aromatic N) is 4. The van der Waals surface area contributed by atoms with Crippen molar-refractivity contribution in [3.05, 3.63) is 57.9 Å². The van der Waals surface area contributed by atoms with Crippen LogP contribution in [0.15, 0.2) is 36.5 Å². The molecule has 1 atom stereocenters. The van der Waals surface area contributed by atoms with Gasteiger partial charge in [0.15, 0.2) is 0 Å². The molecule has 0 aliphatic carbocycles. The monoisotopic (exact) mass is 407 g/mol. The lowest BCUT2D eigenvalue weighted by Crippen LogP contribution is -2.37. The molecule has 2 aromatic rings. The molecule has 0 radical (unpaired) electrons. The summed E-state index contributed by atoms with van der Waals surface area (Å²) in [6, 6.07) is 8.32. The van der Waals surface area contributed by atoms with E-state index >= 15 is 0 Å². The number of piperidine rings is 1. The molecule has 1 aliphatic heterocycles. The normalized spacial score (nSPS) is 16.5. The number of hydrogen-bond acceptors (Lipinski definition) is 5. The molecule has 0 bridgehead atoms. The van der Waals surface area contributed by atoms with Crippen molar-refractivity contribution in [1.29, 1.82) is 0 Å². The van der Waals surface area contributed by atoms with Gasteiger partial charge in [-0.3, -0.25) is 19.6 Å². The predicted octanol–water partition coefficient (Wildman–Crippen LogP) is 3.19. The van der Waals surface area contributed by atoms with E-state index in [0.717, 1.165) is 31.5 Å². The molecule has 1 unspecified atom stereocenters. The predicted molar refractivity (Wildman–Crippen MR) is 109 cm³/mol. The van der Waals surface area contributed by atoms with Crippen LogP contribution < -0.4 is 5.32 Å². The van der Waals surface area contributed by atoms with Gasteiger partial charge in [0, 0.05) is 37.5 Å². The molecule has 1 fully saturated rings. The number of benzene rings is 1. The second kappa shape index (κ2) is 9.66. The average Bonchev–Trinajstić information content (AvgIpc) is 3.16. The van der Waals surface area contributed by atoms with Crippen LogP contribution in [0.3, 0.4) is 0 Å². The van der Waals surface area contributed by atoms with Crippen LogP contribution in [-0.4, -0.2) is 44.6 Å². The molecule has 2 heterocycles. The van der Waals surface area contributed by atoms with Crippen molar-refractivity contribution < 1.29 is 9.72 Å². The molecule has 152 valence electrons. The van der Waals surface area contributed by atoms with E-state index in [1.165, 1.54) is 12.1 Å². The number of amides is 1. The van der Waals surface area contributed by atoms with E-state index in [4.69, 9.17) is 0 Å². The van der Waals surface area contributed by atoms with E-state index in [1.54, 1.807) is 23.1 Å². The fraction of sp³-hybridized carbons (Fsp3) is 0.474. The number of carbonyl (C=O) groups is 1. The van der Waals surface area contributed by atoms with Crippen LogP contribution >= 0.6 is 12.4 Å². The van der Waals surface area contributed by atoms with Crippen molar-refractivity contribution in [3.8, 4) is 0 Å². The van der Waals surface area contributed by atoms with Gasteiger partial charge in [-0.15, -0.1) is 12.4 Å². The largest absolute Gasteiger partial charge is 0.331 e. The number of aromatic nitrogens is 2. The van der Waals surface area contributed by atoms with Crippen molar-refractivity contribution in [2.24, 2.45) is 0 Å². The molecular formula is C19H26ClN5O3. The summed E-state index contributed by atoms with van der Waals surface area (Å²) in [4.78, 5) is 25.1. The van der Waals surface area contributed by atoms with Crippen LogP contribution in [0, 0.1) is 10.1 Å². The van der Waals surface area contributed by atoms with Gasteiger partial charge in [-0.2, -0.15) is 5.10 Å². The Morgan fingerprint density at radius 3 is 2.64 bits per heavy atom. The van der Waals surface area contributed by atoms with E-state index in [2.05, 4.69) is 10.4 Å². The lowest BCUT2D eigenvalue weighted by Gasteiger charge is -2.26. The third-order valence-electron chi connectivity index (χ3n) is 4.86. The zero-order valence-corrected chi connectivity index (χ0v) is 16.9. The number of hydrogen-bond donors (Lipinski definition) is 1. The number of nitro groups is 1. The quantitative estimate of drug-likeness (QED) is 0.586. The van der Waals surface area contributed by atoms with Gasteiger partial charge >= 0.3 is 0 Å². The fourth-order valence-corrected chi connectivity index (χ4v) is 3.27. The molecule has 1 aromatic carbocycles. The van der Waals surface area contributed by atoms with Crippen molar-refractivity contribution >= 4 is 24.0 Å². The van der Waals surface area contributed by atoms with E-state index in [0.29, 0.717) is 12.2 Å². The summed E-state index contributed by atoms with van der Waals surface area (Å²) in [6.45, 7) is 6.18. The molecule has 1 amide bonds. The Labute approximate surface area is 170 Å². The molecule has 1 saturated heterocycles. The Hall–Kier alpha value is -2.45. The summed E-state index contributed by atoms with van der Waals surface area (Å²) < 4.78 is 1.88. The average molecular weight is 408 g/mol. The number of nitrogens with one attached hydrogen (secondary N) is 1. The maximum Gasteiger partial charge on any atom is 0.274 e. The standard InChI is InChI=1S/C19H25N5O3.ClH/c1-14(2)22(13-15-5-7-16(8-6-15)24(26)27)19(25)18-9-11-23(21-18)17-4-3-10-20-12-17;/h5-9,11,14,17,20H,3-4,10,12-13H2,1-2H3;1H. The molecule has 1 N–H and O–H groups in total. The van der Waals surface area contributed by atoms with E-state index in [-0.39, 0.29) is 36.1 Å². The van der Waals surface area contributed by atoms with Gasteiger partial charge in [0.2, 0.25) is 0 Å². The molecular weight excluding hydrogens is 382 g/mol. The zero-order chi connectivity index (χ0) is 19.4. The van der Waals surface area contributed by atoms with Crippen LogP contribution in [-0.2, 0) is 6.54 Å². The zero-order valence-electron chi connectivity index (χ0n) is 16.1. The molecule has 0 saturated carbocycles. The van der Waals surface area contributed by atoms with Gasteiger partial charge in [-0.25, -0.2) is 0 Å². The maximum absolute atomic E-state index is 13.0. The molecule has 9 heteroatoms. The Bertz CT molecular complexity index is 800. The van der Waals surface area contributed by atoms with E-state index in [9.17, 15) is 14.9 Å². The Kier molecular flexibility index (Phi) is 7.53. The highest BCUT2D eigenvalue weighted by Gasteiger charge is 2.23. The number of halogens is 1. The summed E-state index contributed by atoms with van der Waals surface area (Å²) in [5, 5.41) is 18.7. The number of nitro benzene ring substituents is 1. The van der Waals surface area contributed by atoms with Gasteiger partial charge < -0.3 is 10.2 Å². The molecule has 1 aromatic heterocycles. The highest BCUT2D eigenvalue weighted by atomic mass is 35.5. The van der Waals surface area contributed by atoms with Crippen LogP contribution in [0.25, 0.3) is 0 Å². The lowest BCUT2D eigenvalue weighted by molar-refractivity contribution is -0.384. The number of carbonyl (C=O) groups excluding carboxylic acids is 1. The minimum Gasteiger partial charge on any atom is -0.331 e. The summed E-state index contributed by atoms with van der Waals surface area (Å²) in [7, 11) is 0. The van der Waals surface area contributed by atoms with Crippen molar-refractivity contribution in [3.63, 3.8) is 0 Å². The van der Waals surface area contributed by atoms with Crippen LogP contribution in [0.1, 0.15) is 48.8 Å². The van der Waals surface area contributed by atoms with Crippen LogP contribution in [0.5, 0.6) is 0 Å². The Balaban J connectivity index is 0.00000280. The SMILES string of the molecule is CC(C)N(Cc1ccc([N+](=O)[O-])cc1)C(=O)c1ccn(C2CCCNC2)n1.Cl. The van der Waals surface area contributed by atoms with Crippen molar-refractivity contribution in [1.82, 2.24) is 20.0 Å². The van der Waals surface area contributed by atoms with Gasteiger partial charge in [0.25, 0.3) is 11.6 Å². The fourth-order valence-electron chi connectivity index (χ4n) is 3.27. The number of non-ortho nitro benzene ring substituents is 1. The van der Waals surface area contributed by atoms with E-state index < -0.39 is 4.92 Å². The molecule has 1 aliphatic rings. The Morgan fingerprint density at radius 2 is 2.07 bits per heavy atom. The molecule has 0 spiro atoms. The van der Waals surface area contributed by atoms with E-state index in [1.807, 2.05) is 24.7 Å². The molecule has 28 heavy (non-hydrogen) atoms. The van der Waals surface area contributed by atoms with Crippen LogP contribution in [0.2, 0.25) is 0 Å². The highest BCUT2D eigenvalue weighted by molar-refractivity contribution is 5.92. The highest BCUT2D eigenvalue weighted by Crippen LogP contribution is 2.19. The second-order valence-electron chi connectivity index (χ2n) is 7.13. The van der Waals surface area contributed by atoms with Crippen molar-refractivity contribution in [2.75, 3.05) is 13.1 Å². The summed E-state index contributed by atoms with van der Waals surface area (Å²) in [5.74, 6) is -0.133. The summed E-state index contributed by atoms with van der Waals surface area (Å²) in [6.07, 6.45) is 4.03. The topological polar surface area (TPSA) is 93.3 Å². The smallest absolute Gasteiger partial charge is 0.274 e. The minimum atomic E-state index is -0.429. The summed E-state index contributed by atoms with van der Waals surface area (Å²) >= 11 is 0. The first-order valence-corrected chi connectivity index (χ1v) is 9.26. The first-order chi connectivity index (χ1) is 13.0. The summed E-state index contributed by atoms with van der Waals surface area (Å²) in [5.41, 5.74) is 1.32. The van der Waals surface area contributed by atoms with Gasteiger partial charge in [0.05, 0.1) is 11.0 Å². The lowest BCUT2D eigenvalue weighted by atomic mass is 10.1. The van der Waals surface area contributed by atoms with Gasteiger partial charge in [0.1, 0.15) is 5.69 Å². The van der Waals surface area contributed by atoms with Gasteiger partial charge in [-0.1, -0.05) is 12.1 Å². The van der Waals surface area contributed by atoms with Crippen LogP contribution in [0.4, 0.5) is 5.69 Å². The number of rotatable bonds is 6. The Morgan fingerprint density at radius 1 is 1.36 bits per heavy atom. The first kappa shape index (κ1) is 21.8.